The predicted molar refractivity (Wildman–Crippen MR) is 76.4 cm³/mol. The Hall–Kier alpha value is -2.91. The Morgan fingerprint density at radius 3 is 2.36 bits per heavy atom. The third kappa shape index (κ3) is 3.78. The van der Waals surface area contributed by atoms with Gasteiger partial charge in [0, 0.05) is 11.1 Å². The molecule has 1 heterocycles. The molecule has 1 atom stereocenters. The number of benzene rings is 1. The minimum Gasteiger partial charge on any atom is -0.480 e. The summed E-state index contributed by atoms with van der Waals surface area (Å²) in [4.78, 5) is 26.5. The molecule has 0 spiro atoms. The van der Waals surface area contributed by atoms with E-state index in [0.29, 0.717) is 0 Å². The van der Waals surface area contributed by atoms with Gasteiger partial charge in [-0.05, 0) is 30.9 Å². The van der Waals surface area contributed by atoms with Crippen LogP contribution < -0.4 is 5.32 Å². The Balaban J connectivity index is 1.72. The first kappa shape index (κ1) is 16.9. The Kier molecular flexibility index (Phi) is 4.19. The topological polar surface area (TPSA) is 105 Å². The van der Waals surface area contributed by atoms with Crippen molar-refractivity contribution in [1.29, 1.82) is 0 Å². The van der Waals surface area contributed by atoms with Crippen molar-refractivity contribution in [2.24, 2.45) is 5.92 Å². The van der Waals surface area contributed by atoms with Gasteiger partial charge in [0.15, 0.2) is 0 Å². The van der Waals surface area contributed by atoms with Crippen LogP contribution in [0.2, 0.25) is 0 Å². The Labute approximate surface area is 138 Å². The summed E-state index contributed by atoms with van der Waals surface area (Å²) in [5.41, 5.74) is 0.406. The molecule has 2 N–H and O–H groups in total. The fourth-order valence-corrected chi connectivity index (χ4v) is 2.26. The quantitative estimate of drug-likeness (QED) is 0.853. The number of alkyl halides is 3. The number of aromatic nitrogens is 2. The maximum Gasteiger partial charge on any atom is 0.471 e. The van der Waals surface area contributed by atoms with E-state index >= 15 is 0 Å². The van der Waals surface area contributed by atoms with E-state index in [4.69, 9.17) is 5.11 Å². The van der Waals surface area contributed by atoms with Crippen molar-refractivity contribution in [2.75, 3.05) is 0 Å². The summed E-state index contributed by atoms with van der Waals surface area (Å²) in [5.74, 6) is -3.46. The lowest BCUT2D eigenvalue weighted by molar-refractivity contribution is -0.159. The molecule has 1 amide bonds. The summed E-state index contributed by atoms with van der Waals surface area (Å²) < 4.78 is 41.5. The second-order valence-corrected chi connectivity index (χ2v) is 5.63. The number of hydrogen-bond donors (Lipinski definition) is 2. The monoisotopic (exact) mass is 355 g/mol. The standard InChI is InChI=1S/C15H12F3N3O4/c16-15(17,18)14-20-11(21-25-14)8-3-5-9(6-4-8)12(22)19-10(13(23)24)7-1-2-7/h3-7,10H,1-2H2,(H,19,22)(H,23,24). The van der Waals surface area contributed by atoms with E-state index in [1.165, 1.54) is 24.3 Å². The number of halogens is 3. The van der Waals surface area contributed by atoms with Gasteiger partial charge in [0.25, 0.3) is 5.91 Å². The van der Waals surface area contributed by atoms with Crippen LogP contribution in [0.5, 0.6) is 0 Å². The highest BCUT2D eigenvalue weighted by atomic mass is 19.4. The molecular formula is C15H12F3N3O4. The van der Waals surface area contributed by atoms with Gasteiger partial charge >= 0.3 is 18.0 Å². The first-order valence-electron chi connectivity index (χ1n) is 7.30. The maximum absolute atomic E-state index is 12.4. The van der Waals surface area contributed by atoms with Gasteiger partial charge in [-0.1, -0.05) is 17.3 Å². The van der Waals surface area contributed by atoms with Gasteiger partial charge in [-0.15, -0.1) is 0 Å². The Morgan fingerprint density at radius 1 is 1.24 bits per heavy atom. The number of hydrogen-bond acceptors (Lipinski definition) is 5. The molecule has 1 aromatic carbocycles. The van der Waals surface area contributed by atoms with E-state index in [0.717, 1.165) is 12.8 Å². The van der Waals surface area contributed by atoms with Crippen molar-refractivity contribution in [2.45, 2.75) is 25.1 Å². The van der Waals surface area contributed by atoms with Crippen LogP contribution in [-0.4, -0.2) is 33.2 Å². The molecule has 7 nitrogen and oxygen atoms in total. The van der Waals surface area contributed by atoms with Crippen LogP contribution in [0.4, 0.5) is 13.2 Å². The lowest BCUT2D eigenvalue weighted by Gasteiger charge is -2.13. The molecule has 1 aliphatic rings. The number of nitrogens with zero attached hydrogens (tertiary/aromatic N) is 2. The summed E-state index contributed by atoms with van der Waals surface area (Å²) >= 11 is 0. The first-order valence-corrected chi connectivity index (χ1v) is 7.30. The highest BCUT2D eigenvalue weighted by Crippen LogP contribution is 2.33. The highest BCUT2D eigenvalue weighted by Gasteiger charge is 2.39. The van der Waals surface area contributed by atoms with Gasteiger partial charge < -0.3 is 14.9 Å². The number of carbonyl (C=O) groups excluding carboxylic acids is 1. The van der Waals surface area contributed by atoms with E-state index in [-0.39, 0.29) is 22.9 Å². The first-order chi connectivity index (χ1) is 11.8. The van der Waals surface area contributed by atoms with Crippen LogP contribution in [0.3, 0.4) is 0 Å². The van der Waals surface area contributed by atoms with E-state index in [1.54, 1.807) is 0 Å². The van der Waals surface area contributed by atoms with Crippen molar-refractivity contribution in [3.8, 4) is 11.4 Å². The molecule has 0 saturated heterocycles. The van der Waals surface area contributed by atoms with E-state index in [2.05, 4.69) is 20.0 Å². The zero-order chi connectivity index (χ0) is 18.2. The van der Waals surface area contributed by atoms with Crippen LogP contribution in [0.25, 0.3) is 11.4 Å². The molecule has 1 aromatic heterocycles. The van der Waals surface area contributed by atoms with Crippen LogP contribution in [-0.2, 0) is 11.0 Å². The van der Waals surface area contributed by atoms with Crippen LogP contribution in [0, 0.1) is 5.92 Å². The average Bonchev–Trinajstić information content (AvgIpc) is 3.25. The number of aliphatic carboxylic acids is 1. The molecule has 1 aliphatic carbocycles. The summed E-state index contributed by atoms with van der Waals surface area (Å²) in [6, 6.07) is 4.46. The maximum atomic E-state index is 12.4. The van der Waals surface area contributed by atoms with Crippen molar-refractivity contribution < 1.29 is 32.4 Å². The normalized spacial score (nSPS) is 15.6. The molecule has 1 unspecified atom stereocenters. The molecule has 132 valence electrons. The number of rotatable bonds is 5. The smallest absolute Gasteiger partial charge is 0.471 e. The minimum absolute atomic E-state index is 0.0687. The number of amides is 1. The van der Waals surface area contributed by atoms with Crippen molar-refractivity contribution in [3.05, 3.63) is 35.7 Å². The van der Waals surface area contributed by atoms with E-state index < -0.39 is 30.0 Å². The predicted octanol–water partition coefficient (Wildman–Crippen LogP) is 2.35. The second kappa shape index (κ2) is 6.19. The largest absolute Gasteiger partial charge is 0.480 e. The van der Waals surface area contributed by atoms with Crippen LogP contribution in [0.1, 0.15) is 29.1 Å². The number of nitrogens with one attached hydrogen (secondary N) is 1. The summed E-state index contributed by atoms with van der Waals surface area (Å²) in [6.07, 6.45) is -3.25. The Bertz CT molecular complexity index is 797. The second-order valence-electron chi connectivity index (χ2n) is 5.63. The molecule has 25 heavy (non-hydrogen) atoms. The number of carbonyl (C=O) groups is 2. The number of carboxylic acids is 1. The lowest BCUT2D eigenvalue weighted by Crippen LogP contribution is -2.42. The van der Waals surface area contributed by atoms with Gasteiger partial charge in [0.2, 0.25) is 5.82 Å². The van der Waals surface area contributed by atoms with Crippen LogP contribution in [0.15, 0.2) is 28.8 Å². The molecule has 0 bridgehead atoms. The molecule has 1 saturated carbocycles. The summed E-state index contributed by atoms with van der Waals surface area (Å²) in [5, 5.41) is 14.8. The SMILES string of the molecule is O=C(NC(C(=O)O)C1CC1)c1ccc(-c2noc(C(F)(F)F)n2)cc1. The van der Waals surface area contributed by atoms with Gasteiger partial charge in [0.05, 0.1) is 0 Å². The summed E-state index contributed by atoms with van der Waals surface area (Å²) in [6.45, 7) is 0. The molecule has 0 radical (unpaired) electrons. The summed E-state index contributed by atoms with van der Waals surface area (Å²) in [7, 11) is 0. The zero-order valence-electron chi connectivity index (χ0n) is 12.6. The van der Waals surface area contributed by atoms with Gasteiger partial charge in [-0.3, -0.25) is 4.79 Å². The van der Waals surface area contributed by atoms with Gasteiger partial charge in [-0.2, -0.15) is 18.2 Å². The third-order valence-electron chi connectivity index (χ3n) is 3.72. The van der Waals surface area contributed by atoms with Crippen molar-refractivity contribution in [1.82, 2.24) is 15.5 Å². The Morgan fingerprint density at radius 2 is 1.88 bits per heavy atom. The van der Waals surface area contributed by atoms with Crippen molar-refractivity contribution >= 4 is 11.9 Å². The van der Waals surface area contributed by atoms with E-state index in [9.17, 15) is 22.8 Å². The van der Waals surface area contributed by atoms with Crippen LogP contribution >= 0.6 is 0 Å². The molecule has 2 aromatic rings. The minimum atomic E-state index is -4.74. The van der Waals surface area contributed by atoms with Gasteiger partial charge in [-0.25, -0.2) is 4.79 Å². The molecule has 10 heteroatoms. The molecule has 3 rings (SSSR count). The molecular weight excluding hydrogens is 343 g/mol. The lowest BCUT2D eigenvalue weighted by atomic mass is 10.1. The molecule has 1 fully saturated rings. The van der Waals surface area contributed by atoms with E-state index in [1.807, 2.05) is 0 Å². The number of carboxylic acid groups (broad SMARTS) is 1. The van der Waals surface area contributed by atoms with Gasteiger partial charge in [0.1, 0.15) is 6.04 Å². The van der Waals surface area contributed by atoms with Crippen molar-refractivity contribution in [3.63, 3.8) is 0 Å². The highest BCUT2D eigenvalue weighted by molar-refractivity contribution is 5.97. The average molecular weight is 355 g/mol. The third-order valence-corrected chi connectivity index (χ3v) is 3.72. The fraction of sp³-hybridized carbons (Fsp3) is 0.333. The fourth-order valence-electron chi connectivity index (χ4n) is 2.26. The molecule has 0 aliphatic heterocycles. The zero-order valence-corrected chi connectivity index (χ0v) is 12.6.